The Hall–Kier alpha value is -3.38. The molecule has 0 N–H and O–H groups in total. The fraction of sp³-hybridized carbons (Fsp3) is 0.333. The highest BCUT2D eigenvalue weighted by Crippen LogP contribution is 2.50. The maximum Gasteiger partial charge on any atom is 0.235 e. The van der Waals surface area contributed by atoms with Crippen LogP contribution in [-0.2, 0) is 10.2 Å². The molecular formula is C27H29N3O3. The van der Waals surface area contributed by atoms with Gasteiger partial charge in [-0.25, -0.2) is 0 Å². The van der Waals surface area contributed by atoms with E-state index in [-0.39, 0.29) is 5.91 Å². The normalized spacial score (nSPS) is 17.9. The Morgan fingerprint density at radius 3 is 2.58 bits per heavy atom. The van der Waals surface area contributed by atoms with Crippen molar-refractivity contribution in [1.82, 2.24) is 15.0 Å². The van der Waals surface area contributed by atoms with Crippen LogP contribution in [0.4, 0.5) is 0 Å². The minimum atomic E-state index is -0.518. The fourth-order valence-electron chi connectivity index (χ4n) is 4.46. The molecule has 0 unspecified atom stereocenters. The first kappa shape index (κ1) is 21.5. The lowest BCUT2D eigenvalue weighted by atomic mass is 9.99. The van der Waals surface area contributed by atoms with Crippen LogP contribution in [0.15, 0.2) is 71.3 Å². The third kappa shape index (κ3) is 4.57. The first-order valence-electron chi connectivity index (χ1n) is 11.5. The quantitative estimate of drug-likeness (QED) is 0.547. The molecule has 1 aliphatic heterocycles. The summed E-state index contributed by atoms with van der Waals surface area (Å²) in [7, 11) is 1.64. The van der Waals surface area contributed by atoms with E-state index >= 15 is 0 Å². The summed E-state index contributed by atoms with van der Waals surface area (Å²) >= 11 is 0. The highest BCUT2D eigenvalue weighted by atomic mass is 16.5. The van der Waals surface area contributed by atoms with Crippen LogP contribution >= 0.6 is 0 Å². The Morgan fingerprint density at radius 2 is 1.85 bits per heavy atom. The molecule has 2 fully saturated rings. The highest BCUT2D eigenvalue weighted by Gasteiger charge is 2.55. The van der Waals surface area contributed by atoms with Crippen molar-refractivity contribution in [2.75, 3.05) is 39.8 Å². The maximum absolute atomic E-state index is 13.4. The van der Waals surface area contributed by atoms with Crippen LogP contribution < -0.4 is 4.74 Å². The summed E-state index contributed by atoms with van der Waals surface area (Å²) in [5, 5.41) is 4.30. The molecule has 1 aromatic heterocycles. The van der Waals surface area contributed by atoms with Gasteiger partial charge in [0.1, 0.15) is 5.75 Å². The summed E-state index contributed by atoms with van der Waals surface area (Å²) in [4.78, 5) is 17.8. The number of amides is 1. The fourth-order valence-corrected chi connectivity index (χ4v) is 4.46. The van der Waals surface area contributed by atoms with Gasteiger partial charge in [-0.2, -0.15) is 0 Å². The van der Waals surface area contributed by atoms with E-state index in [4.69, 9.17) is 9.26 Å². The number of hydrogen-bond donors (Lipinski definition) is 0. The monoisotopic (exact) mass is 443 g/mol. The number of nitrogens with zero attached hydrogens (tertiary/aromatic N) is 3. The Kier molecular flexibility index (Phi) is 6.01. The molecule has 1 amide bonds. The molecule has 33 heavy (non-hydrogen) atoms. The van der Waals surface area contributed by atoms with Crippen LogP contribution in [-0.4, -0.2) is 60.7 Å². The first-order chi connectivity index (χ1) is 16.2. The smallest absolute Gasteiger partial charge is 0.235 e. The molecule has 170 valence electrons. The zero-order valence-corrected chi connectivity index (χ0v) is 18.9. The van der Waals surface area contributed by atoms with Gasteiger partial charge in [0.25, 0.3) is 0 Å². The number of ether oxygens (including phenoxy) is 1. The third-order valence-electron chi connectivity index (χ3n) is 6.65. The summed E-state index contributed by atoms with van der Waals surface area (Å²) in [6.45, 7) is 4.17. The minimum Gasteiger partial charge on any atom is -0.497 e. The number of piperazine rings is 1. The van der Waals surface area contributed by atoms with Gasteiger partial charge in [0.2, 0.25) is 5.91 Å². The van der Waals surface area contributed by atoms with Crippen molar-refractivity contribution in [1.29, 1.82) is 0 Å². The number of carbonyl (C=O) groups is 1. The van der Waals surface area contributed by atoms with E-state index in [0.717, 1.165) is 62.6 Å². The first-order valence-corrected chi connectivity index (χ1v) is 11.5. The van der Waals surface area contributed by atoms with E-state index in [1.54, 1.807) is 7.11 Å². The maximum atomic E-state index is 13.4. The molecule has 0 radical (unpaired) electrons. The second-order valence-corrected chi connectivity index (χ2v) is 8.80. The van der Waals surface area contributed by atoms with Gasteiger partial charge in [0.15, 0.2) is 5.76 Å². The van der Waals surface area contributed by atoms with Crippen LogP contribution in [0.2, 0.25) is 0 Å². The van der Waals surface area contributed by atoms with E-state index < -0.39 is 5.41 Å². The van der Waals surface area contributed by atoms with Crippen molar-refractivity contribution in [2.45, 2.75) is 18.3 Å². The summed E-state index contributed by atoms with van der Waals surface area (Å²) in [6.07, 6.45) is 6.01. The third-order valence-corrected chi connectivity index (χ3v) is 6.65. The zero-order chi connectivity index (χ0) is 22.7. The van der Waals surface area contributed by atoms with Crippen LogP contribution in [0.25, 0.3) is 17.4 Å². The van der Waals surface area contributed by atoms with Crippen LogP contribution in [0, 0.1) is 0 Å². The molecule has 3 aromatic rings. The number of methoxy groups -OCH3 is 1. The Labute approximate surface area is 194 Å². The Morgan fingerprint density at radius 1 is 1.06 bits per heavy atom. The summed E-state index contributed by atoms with van der Waals surface area (Å²) in [6, 6.07) is 19.9. The molecule has 2 aromatic carbocycles. The van der Waals surface area contributed by atoms with Crippen molar-refractivity contribution in [3.05, 3.63) is 78.0 Å². The van der Waals surface area contributed by atoms with Gasteiger partial charge in [-0.05, 0) is 30.5 Å². The van der Waals surface area contributed by atoms with Crippen molar-refractivity contribution in [3.8, 4) is 17.1 Å². The lowest BCUT2D eigenvalue weighted by Gasteiger charge is -2.35. The molecule has 6 nitrogen and oxygen atoms in total. The molecule has 0 atom stereocenters. The molecule has 5 rings (SSSR count). The van der Waals surface area contributed by atoms with Gasteiger partial charge >= 0.3 is 0 Å². The summed E-state index contributed by atoms with van der Waals surface area (Å²) in [5.74, 6) is 1.62. The van der Waals surface area contributed by atoms with Gasteiger partial charge < -0.3 is 14.2 Å². The van der Waals surface area contributed by atoms with E-state index in [0.29, 0.717) is 5.76 Å². The standard InChI is InChI=1S/C27H29N3O3/c1-32-23-11-5-10-22(19-23)24-20-25(28-33-24)27(12-13-27)26(31)30-17-15-29(16-18-30)14-6-9-21-7-3-2-4-8-21/h2-11,19-20H,12-18H2,1H3. The zero-order valence-electron chi connectivity index (χ0n) is 18.9. The molecule has 1 saturated heterocycles. The van der Waals surface area contributed by atoms with Crippen molar-refractivity contribution in [3.63, 3.8) is 0 Å². The molecular weight excluding hydrogens is 414 g/mol. The van der Waals surface area contributed by atoms with Crippen molar-refractivity contribution in [2.24, 2.45) is 0 Å². The van der Waals surface area contributed by atoms with Crippen LogP contribution in [0.1, 0.15) is 24.1 Å². The van der Waals surface area contributed by atoms with E-state index in [9.17, 15) is 4.79 Å². The van der Waals surface area contributed by atoms with Crippen LogP contribution in [0.3, 0.4) is 0 Å². The Bertz CT molecular complexity index is 1130. The van der Waals surface area contributed by atoms with Crippen LogP contribution in [0.5, 0.6) is 5.75 Å². The molecule has 6 heteroatoms. The second kappa shape index (κ2) is 9.24. The highest BCUT2D eigenvalue weighted by molar-refractivity contribution is 5.91. The number of rotatable bonds is 7. The minimum absolute atomic E-state index is 0.187. The lowest BCUT2D eigenvalue weighted by Crippen LogP contribution is -2.51. The predicted molar refractivity (Wildman–Crippen MR) is 128 cm³/mol. The number of hydrogen-bond acceptors (Lipinski definition) is 5. The van der Waals surface area contributed by atoms with Gasteiger partial charge in [-0.15, -0.1) is 0 Å². The van der Waals surface area contributed by atoms with Gasteiger partial charge in [0.05, 0.1) is 18.2 Å². The molecule has 0 bridgehead atoms. The van der Waals surface area contributed by atoms with Crippen molar-refractivity contribution < 1.29 is 14.1 Å². The SMILES string of the molecule is COc1cccc(-c2cc(C3(C(=O)N4CCN(CC=Cc5ccccc5)CC4)CC3)no2)c1. The lowest BCUT2D eigenvalue weighted by molar-refractivity contribution is -0.135. The van der Waals surface area contributed by atoms with Gasteiger partial charge in [0, 0.05) is 44.4 Å². The largest absolute Gasteiger partial charge is 0.497 e. The van der Waals surface area contributed by atoms with Gasteiger partial charge in [-0.1, -0.05) is 59.8 Å². The van der Waals surface area contributed by atoms with Gasteiger partial charge in [-0.3, -0.25) is 9.69 Å². The second-order valence-electron chi connectivity index (χ2n) is 8.80. The molecule has 2 aliphatic rings. The molecule has 1 aliphatic carbocycles. The molecule has 0 spiro atoms. The van der Waals surface area contributed by atoms with E-state index in [2.05, 4.69) is 34.3 Å². The van der Waals surface area contributed by atoms with E-state index in [1.165, 1.54) is 5.56 Å². The average Bonchev–Trinajstić information content (AvgIpc) is 3.53. The van der Waals surface area contributed by atoms with Crippen molar-refractivity contribution >= 4 is 12.0 Å². The predicted octanol–water partition coefficient (Wildman–Crippen LogP) is 4.24. The van der Waals surface area contributed by atoms with E-state index in [1.807, 2.05) is 53.4 Å². The topological polar surface area (TPSA) is 58.8 Å². The number of carbonyl (C=O) groups excluding carboxylic acids is 1. The number of benzene rings is 2. The Balaban J connectivity index is 1.19. The molecule has 2 heterocycles. The summed E-state index contributed by atoms with van der Waals surface area (Å²) < 4.78 is 10.9. The average molecular weight is 444 g/mol. The molecule has 1 saturated carbocycles. The number of aromatic nitrogens is 1. The summed E-state index contributed by atoms with van der Waals surface area (Å²) in [5.41, 5.74) is 2.34.